The molecule has 0 fully saturated rings. The van der Waals surface area contributed by atoms with Gasteiger partial charge in [-0.2, -0.15) is 0 Å². The van der Waals surface area contributed by atoms with Crippen molar-refractivity contribution < 1.29 is 4.84 Å². The van der Waals surface area contributed by atoms with Gasteiger partial charge < -0.3 is 0 Å². The van der Waals surface area contributed by atoms with Crippen LogP contribution in [0.25, 0.3) is 0 Å². The van der Waals surface area contributed by atoms with Crippen molar-refractivity contribution >= 4 is 0 Å². The van der Waals surface area contributed by atoms with Crippen LogP contribution in [0.1, 0.15) is 27.2 Å². The highest BCUT2D eigenvalue weighted by Crippen LogP contribution is 2.23. The number of rotatable bonds is 1. The Morgan fingerprint density at radius 1 is 1.64 bits per heavy atom. The number of hydrogen-bond donors (Lipinski definition) is 0. The Bertz CT molecular complexity index is 194. The molecule has 0 N–H and O–H groups in total. The Morgan fingerprint density at radius 3 is 2.64 bits per heavy atom. The lowest BCUT2D eigenvalue weighted by Gasteiger charge is -2.34. The summed E-state index contributed by atoms with van der Waals surface area (Å²) in [5, 5.41) is 1.71. The first-order valence-electron chi connectivity index (χ1n) is 3.82. The lowest BCUT2D eigenvalue weighted by molar-refractivity contribution is -0.192. The van der Waals surface area contributed by atoms with Crippen LogP contribution in [0.5, 0.6) is 0 Å². The lowest BCUT2D eigenvalue weighted by Crippen LogP contribution is -2.34. The summed E-state index contributed by atoms with van der Waals surface area (Å²) in [4.78, 5) is 5.58. The van der Waals surface area contributed by atoms with E-state index < -0.39 is 0 Å². The predicted octanol–water partition coefficient (Wildman–Crippen LogP) is 2.45. The molecule has 62 valence electrons. The molecule has 0 aromatic heterocycles. The monoisotopic (exact) mass is 153 g/mol. The van der Waals surface area contributed by atoms with Crippen molar-refractivity contribution in [3.63, 3.8) is 0 Å². The molecule has 0 aromatic rings. The van der Waals surface area contributed by atoms with Crippen LogP contribution in [0.2, 0.25) is 0 Å². The lowest BCUT2D eigenvalue weighted by atomic mass is 10.1. The van der Waals surface area contributed by atoms with E-state index in [4.69, 9.17) is 4.84 Å². The zero-order chi connectivity index (χ0) is 8.48. The zero-order valence-corrected chi connectivity index (χ0v) is 7.42. The second-order valence-electron chi connectivity index (χ2n) is 3.50. The molecule has 0 amide bonds. The largest absolute Gasteiger partial charge is 0.263 e. The normalized spacial score (nSPS) is 21.9. The van der Waals surface area contributed by atoms with Crippen molar-refractivity contribution in [1.29, 1.82) is 0 Å². The van der Waals surface area contributed by atoms with Crippen molar-refractivity contribution in [3.8, 4) is 0 Å². The molecule has 0 saturated carbocycles. The summed E-state index contributed by atoms with van der Waals surface area (Å²) >= 11 is 0. The van der Waals surface area contributed by atoms with Gasteiger partial charge in [0.2, 0.25) is 0 Å². The quantitative estimate of drug-likeness (QED) is 0.573. The highest BCUT2D eigenvalue weighted by molar-refractivity contribution is 4.99. The van der Waals surface area contributed by atoms with E-state index in [1.165, 1.54) is 0 Å². The molecule has 11 heavy (non-hydrogen) atoms. The van der Waals surface area contributed by atoms with Crippen LogP contribution in [0.15, 0.2) is 24.6 Å². The molecule has 2 nitrogen and oxygen atoms in total. The van der Waals surface area contributed by atoms with Crippen LogP contribution in [-0.2, 0) is 4.84 Å². The van der Waals surface area contributed by atoms with Crippen molar-refractivity contribution in [2.24, 2.45) is 0 Å². The molecule has 0 saturated heterocycles. The Kier molecular flexibility index (Phi) is 2.05. The van der Waals surface area contributed by atoms with Gasteiger partial charge in [-0.1, -0.05) is 12.7 Å². The Labute approximate surface area is 68.1 Å². The second kappa shape index (κ2) is 2.70. The van der Waals surface area contributed by atoms with Gasteiger partial charge in [-0.3, -0.25) is 4.84 Å². The zero-order valence-electron chi connectivity index (χ0n) is 7.42. The third-order valence-electron chi connectivity index (χ3n) is 1.57. The molecule has 1 heterocycles. The molecule has 0 radical (unpaired) electrons. The van der Waals surface area contributed by atoms with Crippen LogP contribution in [0.3, 0.4) is 0 Å². The van der Waals surface area contributed by atoms with Crippen LogP contribution in [0, 0.1) is 0 Å². The van der Waals surface area contributed by atoms with Crippen molar-refractivity contribution in [2.75, 3.05) is 0 Å². The molecule has 0 atom stereocenters. The summed E-state index contributed by atoms with van der Waals surface area (Å²) in [5.41, 5.74) is 0.822. The predicted molar refractivity (Wildman–Crippen MR) is 45.6 cm³/mol. The first kappa shape index (κ1) is 8.34. The number of hydrogen-bond acceptors (Lipinski definition) is 2. The van der Waals surface area contributed by atoms with Gasteiger partial charge in [0.15, 0.2) is 0 Å². The fraction of sp³-hybridized carbons (Fsp3) is 0.556. The molecular weight excluding hydrogens is 138 g/mol. The molecule has 1 aliphatic rings. The van der Waals surface area contributed by atoms with E-state index in [1.54, 1.807) is 5.06 Å². The summed E-state index contributed by atoms with van der Waals surface area (Å²) < 4.78 is 0. The number of nitrogens with zero attached hydrogens (tertiary/aromatic N) is 1. The summed E-state index contributed by atoms with van der Waals surface area (Å²) in [6.45, 7) is 9.84. The average Bonchev–Trinajstić information content (AvgIpc) is 1.85. The molecule has 0 spiro atoms. The number of allylic oxidation sites excluding steroid dienone is 1. The van der Waals surface area contributed by atoms with E-state index >= 15 is 0 Å². The van der Waals surface area contributed by atoms with E-state index in [-0.39, 0.29) is 5.60 Å². The van der Waals surface area contributed by atoms with E-state index in [2.05, 4.69) is 26.5 Å². The summed E-state index contributed by atoms with van der Waals surface area (Å²) in [7, 11) is 0. The van der Waals surface area contributed by atoms with Crippen LogP contribution < -0.4 is 0 Å². The summed E-state index contributed by atoms with van der Waals surface area (Å²) in [6, 6.07) is 0. The topological polar surface area (TPSA) is 12.5 Å². The van der Waals surface area contributed by atoms with E-state index in [0.717, 1.165) is 12.1 Å². The molecule has 1 rings (SSSR count). The maximum atomic E-state index is 5.58. The minimum absolute atomic E-state index is 0.0896. The van der Waals surface area contributed by atoms with Crippen molar-refractivity contribution in [2.45, 2.75) is 32.8 Å². The van der Waals surface area contributed by atoms with E-state index in [9.17, 15) is 0 Å². The molecule has 0 aromatic carbocycles. The van der Waals surface area contributed by atoms with Gasteiger partial charge >= 0.3 is 0 Å². The van der Waals surface area contributed by atoms with Gasteiger partial charge in [-0.05, 0) is 27.2 Å². The summed E-state index contributed by atoms with van der Waals surface area (Å²) in [5.74, 6) is 0. The van der Waals surface area contributed by atoms with Crippen molar-refractivity contribution in [1.82, 2.24) is 5.06 Å². The maximum absolute atomic E-state index is 5.58. The van der Waals surface area contributed by atoms with Crippen molar-refractivity contribution in [3.05, 3.63) is 24.6 Å². The molecule has 0 unspecified atom stereocenters. The highest BCUT2D eigenvalue weighted by atomic mass is 16.7. The van der Waals surface area contributed by atoms with Crippen LogP contribution >= 0.6 is 0 Å². The van der Waals surface area contributed by atoms with Crippen LogP contribution in [-0.4, -0.2) is 10.7 Å². The Morgan fingerprint density at radius 2 is 2.27 bits per heavy atom. The fourth-order valence-corrected chi connectivity index (χ4v) is 0.971. The molecule has 1 aliphatic heterocycles. The molecule has 0 bridgehead atoms. The maximum Gasteiger partial charge on any atom is 0.0946 e. The van der Waals surface area contributed by atoms with Gasteiger partial charge in [0, 0.05) is 11.9 Å². The molecule has 0 aliphatic carbocycles. The smallest absolute Gasteiger partial charge is 0.0946 e. The van der Waals surface area contributed by atoms with Crippen LogP contribution in [0.4, 0.5) is 0 Å². The average molecular weight is 153 g/mol. The molecule has 2 heteroatoms. The van der Waals surface area contributed by atoms with E-state index in [0.29, 0.717) is 0 Å². The second-order valence-corrected chi connectivity index (χ2v) is 3.50. The van der Waals surface area contributed by atoms with Gasteiger partial charge in [0.25, 0.3) is 0 Å². The fourth-order valence-electron chi connectivity index (χ4n) is 0.971. The first-order valence-corrected chi connectivity index (χ1v) is 3.82. The number of hydroxylamine groups is 2. The standard InChI is InChI=1S/C9H15NO/c1-8(2)10-7-5-6-9(3,4)11-10/h5,7H,1,6H2,2-4H3. The minimum Gasteiger partial charge on any atom is -0.263 e. The van der Waals surface area contributed by atoms with Gasteiger partial charge in [0.1, 0.15) is 0 Å². The van der Waals surface area contributed by atoms with E-state index in [1.807, 2.05) is 13.1 Å². The van der Waals surface area contributed by atoms with Gasteiger partial charge in [-0.15, -0.1) is 0 Å². The van der Waals surface area contributed by atoms with Gasteiger partial charge in [0.05, 0.1) is 5.60 Å². The third kappa shape index (κ3) is 2.09. The molecular formula is C9H15NO. The highest BCUT2D eigenvalue weighted by Gasteiger charge is 2.23. The Balaban J connectivity index is 2.67. The minimum atomic E-state index is -0.0896. The Hall–Kier alpha value is -0.760. The van der Waals surface area contributed by atoms with Gasteiger partial charge in [-0.25, -0.2) is 5.06 Å². The SMILES string of the molecule is C=C(C)N1C=CCC(C)(C)O1. The summed E-state index contributed by atoms with van der Waals surface area (Å²) in [6.07, 6.45) is 4.96. The third-order valence-corrected chi connectivity index (χ3v) is 1.57. The first-order chi connectivity index (χ1) is 5.01.